The summed E-state index contributed by atoms with van der Waals surface area (Å²) in [4.78, 5) is 0. The van der Waals surface area contributed by atoms with Crippen LogP contribution >= 0.6 is 0 Å². The molecule has 0 amide bonds. The van der Waals surface area contributed by atoms with Gasteiger partial charge < -0.3 is 10.2 Å². The topological polar surface area (TPSA) is 71.2 Å². The van der Waals surface area contributed by atoms with Crippen molar-refractivity contribution in [1.82, 2.24) is 15.0 Å². The van der Waals surface area contributed by atoms with Gasteiger partial charge in [0.25, 0.3) is 0 Å². The third kappa shape index (κ3) is 3.72. The molecule has 4 aromatic carbocycles. The largest absolute Gasteiger partial charge is 0.504 e. The van der Waals surface area contributed by atoms with Crippen molar-refractivity contribution in [2.24, 2.45) is 0 Å². The summed E-state index contributed by atoms with van der Waals surface area (Å²) in [6, 6.07) is 33.0. The van der Waals surface area contributed by atoms with Crippen LogP contribution in [-0.4, -0.2) is 25.2 Å². The van der Waals surface area contributed by atoms with Crippen LogP contribution in [0.25, 0.3) is 33.6 Å². The molecule has 0 unspecified atom stereocenters. The average molecular weight is 419 g/mol. The van der Waals surface area contributed by atoms with Crippen LogP contribution in [0.5, 0.6) is 11.5 Å². The zero-order valence-electron chi connectivity index (χ0n) is 17.3. The molecular formula is C27H21N3O2. The Kier molecular flexibility index (Phi) is 5.14. The van der Waals surface area contributed by atoms with E-state index < -0.39 is 0 Å². The minimum atomic E-state index is -0.161. The first-order chi connectivity index (χ1) is 15.7. The minimum Gasteiger partial charge on any atom is -0.504 e. The zero-order valence-corrected chi connectivity index (χ0v) is 17.3. The summed E-state index contributed by atoms with van der Waals surface area (Å²) in [5.74, 6) is -0.313. The Morgan fingerprint density at radius 3 is 1.81 bits per heavy atom. The molecule has 0 aliphatic carbocycles. The molecule has 0 saturated carbocycles. The Hall–Kier alpha value is -4.38. The van der Waals surface area contributed by atoms with Crippen molar-refractivity contribution in [3.63, 3.8) is 0 Å². The number of aromatic nitrogens is 3. The summed E-state index contributed by atoms with van der Waals surface area (Å²) < 4.78 is 1.76. The predicted molar refractivity (Wildman–Crippen MR) is 125 cm³/mol. The molecule has 2 N–H and O–H groups in total. The highest BCUT2D eigenvalue weighted by Gasteiger charge is 2.19. The molecule has 0 spiro atoms. The summed E-state index contributed by atoms with van der Waals surface area (Å²) in [5.41, 5.74) is 5.88. The van der Waals surface area contributed by atoms with Crippen molar-refractivity contribution in [1.29, 1.82) is 0 Å². The van der Waals surface area contributed by atoms with E-state index in [4.69, 9.17) is 0 Å². The van der Waals surface area contributed by atoms with E-state index >= 15 is 0 Å². The number of nitrogens with zero attached hydrogens (tertiary/aromatic N) is 3. The van der Waals surface area contributed by atoms with E-state index in [0.717, 1.165) is 33.6 Å². The van der Waals surface area contributed by atoms with E-state index in [9.17, 15) is 10.2 Å². The number of rotatable bonds is 5. The van der Waals surface area contributed by atoms with Gasteiger partial charge in [0.15, 0.2) is 11.5 Å². The van der Waals surface area contributed by atoms with Crippen molar-refractivity contribution < 1.29 is 10.2 Å². The molecule has 156 valence electrons. The Morgan fingerprint density at radius 2 is 1.19 bits per heavy atom. The molecule has 0 aliphatic heterocycles. The quantitative estimate of drug-likeness (QED) is 0.357. The first kappa shape index (κ1) is 19.6. The van der Waals surface area contributed by atoms with Crippen LogP contribution in [0.3, 0.4) is 0 Å². The minimum absolute atomic E-state index is 0.152. The van der Waals surface area contributed by atoms with Gasteiger partial charge in [-0.15, -0.1) is 5.10 Å². The first-order valence-electron chi connectivity index (χ1n) is 10.4. The molecule has 0 radical (unpaired) electrons. The fraction of sp³-hybridized carbons (Fsp3) is 0.0370. The molecular weight excluding hydrogens is 398 g/mol. The Labute approximate surface area is 185 Å². The lowest BCUT2D eigenvalue weighted by atomic mass is 10.0. The monoisotopic (exact) mass is 419 g/mol. The molecule has 0 saturated heterocycles. The van der Waals surface area contributed by atoms with Gasteiger partial charge in [0.2, 0.25) is 0 Å². The summed E-state index contributed by atoms with van der Waals surface area (Å²) in [5, 5.41) is 29.9. The second-order valence-electron chi connectivity index (χ2n) is 7.55. The second kappa shape index (κ2) is 8.40. The highest BCUT2D eigenvalue weighted by Crippen LogP contribution is 2.37. The third-order valence-electron chi connectivity index (χ3n) is 5.43. The van der Waals surface area contributed by atoms with E-state index in [0.29, 0.717) is 5.56 Å². The molecule has 0 bridgehead atoms. The van der Waals surface area contributed by atoms with Crippen molar-refractivity contribution in [2.45, 2.75) is 6.54 Å². The number of phenolic OH excluding ortho intramolecular Hbond substituents is 2. The van der Waals surface area contributed by atoms with Gasteiger partial charge in [-0.25, -0.2) is 4.68 Å². The van der Waals surface area contributed by atoms with Gasteiger partial charge in [-0.1, -0.05) is 96.2 Å². The van der Waals surface area contributed by atoms with Crippen LogP contribution in [0.4, 0.5) is 0 Å². The predicted octanol–water partition coefficient (Wildman–Crippen LogP) is 5.74. The molecule has 1 aromatic heterocycles. The van der Waals surface area contributed by atoms with Crippen LogP contribution in [-0.2, 0) is 6.54 Å². The Bertz CT molecular complexity index is 1350. The molecule has 0 aliphatic rings. The third-order valence-corrected chi connectivity index (χ3v) is 5.43. The molecule has 0 fully saturated rings. The Morgan fingerprint density at radius 1 is 0.625 bits per heavy atom. The van der Waals surface area contributed by atoms with Crippen molar-refractivity contribution >= 4 is 0 Å². The summed E-state index contributed by atoms with van der Waals surface area (Å²) >= 11 is 0. The van der Waals surface area contributed by atoms with Crippen LogP contribution in [0, 0.1) is 0 Å². The SMILES string of the molecule is Oc1cc(-c2ccccc2)cc(Cn2nnc(-c3ccccc3)c2-c2ccccc2)c1O. The maximum absolute atomic E-state index is 10.6. The first-order valence-corrected chi connectivity index (χ1v) is 10.4. The summed E-state index contributed by atoms with van der Waals surface area (Å²) in [6.45, 7) is 0.254. The van der Waals surface area contributed by atoms with Gasteiger partial charge in [0.1, 0.15) is 5.69 Å². The molecule has 5 nitrogen and oxygen atoms in total. The van der Waals surface area contributed by atoms with E-state index in [2.05, 4.69) is 10.3 Å². The second-order valence-corrected chi connectivity index (χ2v) is 7.55. The van der Waals surface area contributed by atoms with Gasteiger partial charge in [0, 0.05) is 16.7 Å². The molecule has 5 aromatic rings. The van der Waals surface area contributed by atoms with Gasteiger partial charge >= 0.3 is 0 Å². The van der Waals surface area contributed by atoms with Gasteiger partial charge in [0.05, 0.1) is 12.2 Å². The van der Waals surface area contributed by atoms with Crippen molar-refractivity contribution in [3.05, 3.63) is 109 Å². The zero-order chi connectivity index (χ0) is 21.9. The lowest BCUT2D eigenvalue weighted by Crippen LogP contribution is -2.05. The smallest absolute Gasteiger partial charge is 0.162 e. The fourth-order valence-electron chi connectivity index (χ4n) is 3.85. The lowest BCUT2D eigenvalue weighted by molar-refractivity contribution is 0.397. The molecule has 5 rings (SSSR count). The number of hydrogen-bond acceptors (Lipinski definition) is 4. The van der Waals surface area contributed by atoms with E-state index in [1.807, 2.05) is 97.1 Å². The normalized spacial score (nSPS) is 10.9. The molecule has 32 heavy (non-hydrogen) atoms. The van der Waals surface area contributed by atoms with Crippen LogP contribution in [0.15, 0.2) is 103 Å². The van der Waals surface area contributed by atoms with Crippen LogP contribution < -0.4 is 0 Å². The summed E-state index contributed by atoms with van der Waals surface area (Å²) in [6.07, 6.45) is 0. The lowest BCUT2D eigenvalue weighted by Gasteiger charge is -2.13. The van der Waals surface area contributed by atoms with Crippen LogP contribution in [0.2, 0.25) is 0 Å². The molecule has 5 heteroatoms. The average Bonchev–Trinajstić information content (AvgIpc) is 3.27. The van der Waals surface area contributed by atoms with Crippen LogP contribution in [0.1, 0.15) is 5.56 Å². The highest BCUT2D eigenvalue weighted by molar-refractivity contribution is 5.78. The van der Waals surface area contributed by atoms with E-state index in [1.165, 1.54) is 0 Å². The number of phenols is 2. The van der Waals surface area contributed by atoms with E-state index in [-0.39, 0.29) is 18.0 Å². The van der Waals surface area contributed by atoms with E-state index in [1.54, 1.807) is 10.7 Å². The standard InChI is InChI=1S/C27H21N3O2/c31-24-17-22(19-10-4-1-5-11-19)16-23(27(24)32)18-30-26(21-14-8-3-9-15-21)25(28-29-30)20-12-6-2-7-13-20/h1-17,31-32H,18H2. The molecule has 1 heterocycles. The van der Waals surface area contributed by atoms with Crippen molar-refractivity contribution in [3.8, 4) is 45.1 Å². The highest BCUT2D eigenvalue weighted by atomic mass is 16.3. The number of benzene rings is 4. The maximum atomic E-state index is 10.6. The molecule has 0 atom stereocenters. The van der Waals surface area contributed by atoms with Crippen molar-refractivity contribution in [2.75, 3.05) is 0 Å². The van der Waals surface area contributed by atoms with Gasteiger partial charge in [-0.2, -0.15) is 0 Å². The Balaban J connectivity index is 1.63. The summed E-state index contributed by atoms with van der Waals surface area (Å²) in [7, 11) is 0. The number of aromatic hydroxyl groups is 2. The fourth-order valence-corrected chi connectivity index (χ4v) is 3.85. The van der Waals surface area contributed by atoms with Gasteiger partial charge in [-0.05, 0) is 23.3 Å². The van der Waals surface area contributed by atoms with Gasteiger partial charge in [-0.3, -0.25) is 0 Å². The maximum Gasteiger partial charge on any atom is 0.162 e. The number of hydrogen-bond donors (Lipinski definition) is 2.